The van der Waals surface area contributed by atoms with Crippen LogP contribution in [0.4, 0.5) is 21.9 Å². The van der Waals surface area contributed by atoms with Crippen LogP contribution in [-0.4, -0.2) is 42.0 Å². The number of hydrogen-bond acceptors (Lipinski definition) is 4. The number of benzene rings is 3. The summed E-state index contributed by atoms with van der Waals surface area (Å²) in [6.45, 7) is 2.10. The van der Waals surface area contributed by atoms with Gasteiger partial charge in [-0.15, -0.1) is 0 Å². The van der Waals surface area contributed by atoms with Crippen molar-refractivity contribution in [2.45, 2.75) is 0 Å². The third kappa shape index (κ3) is 3.46. The highest BCUT2D eigenvalue weighted by Crippen LogP contribution is 2.28. The molecule has 1 saturated heterocycles. The molecule has 0 bridgehead atoms. The molecule has 7 nitrogen and oxygen atoms in total. The van der Waals surface area contributed by atoms with Crippen LogP contribution in [0.2, 0.25) is 0 Å². The average Bonchev–Trinajstić information content (AvgIpc) is 2.74. The van der Waals surface area contributed by atoms with Crippen LogP contribution >= 0.6 is 0 Å². The molecule has 0 aromatic heterocycles. The van der Waals surface area contributed by atoms with E-state index in [0.717, 1.165) is 16.5 Å². The molecule has 0 aliphatic carbocycles. The zero-order valence-electron chi connectivity index (χ0n) is 15.2. The lowest BCUT2D eigenvalue weighted by Gasteiger charge is -2.35. The van der Waals surface area contributed by atoms with Crippen molar-refractivity contribution in [2.75, 3.05) is 36.4 Å². The lowest BCUT2D eigenvalue weighted by Crippen LogP contribution is -2.50. The second kappa shape index (κ2) is 7.56. The van der Waals surface area contributed by atoms with Crippen LogP contribution in [0.15, 0.2) is 66.7 Å². The summed E-state index contributed by atoms with van der Waals surface area (Å²) >= 11 is 0. The molecule has 0 unspecified atom stereocenters. The molecule has 7 heteroatoms. The molecular formula is C21H20N4O3. The number of nitrogens with one attached hydrogen (secondary N) is 1. The fourth-order valence-electron chi connectivity index (χ4n) is 3.57. The molecule has 0 saturated carbocycles. The Kier molecular flexibility index (Phi) is 4.80. The van der Waals surface area contributed by atoms with Gasteiger partial charge in [0.05, 0.1) is 10.6 Å². The summed E-state index contributed by atoms with van der Waals surface area (Å²) in [5.41, 5.74) is 1.47. The van der Waals surface area contributed by atoms with E-state index in [1.807, 2.05) is 47.4 Å². The van der Waals surface area contributed by atoms with Gasteiger partial charge in [-0.25, -0.2) is 4.79 Å². The molecule has 3 aromatic rings. The SMILES string of the molecule is O=C(Nc1cccc2ccccc12)N1CCN(c2ccccc2[N+](=O)[O-])CC1. The fourth-order valence-corrected chi connectivity index (χ4v) is 3.57. The summed E-state index contributed by atoms with van der Waals surface area (Å²) in [6.07, 6.45) is 0. The van der Waals surface area contributed by atoms with Gasteiger partial charge in [-0.3, -0.25) is 10.1 Å². The second-order valence-corrected chi connectivity index (χ2v) is 6.68. The summed E-state index contributed by atoms with van der Waals surface area (Å²) in [5.74, 6) is 0. The number of piperazine rings is 1. The standard InChI is InChI=1S/C21H20N4O3/c26-21(22-18-9-5-7-16-6-1-2-8-17(16)18)24-14-12-23(13-15-24)19-10-3-4-11-20(19)25(27)28/h1-11H,12-15H2,(H,22,26). The van der Waals surface area contributed by atoms with Crippen LogP contribution in [0, 0.1) is 10.1 Å². The molecule has 0 spiro atoms. The van der Waals surface area contributed by atoms with E-state index in [1.165, 1.54) is 6.07 Å². The maximum atomic E-state index is 12.7. The largest absolute Gasteiger partial charge is 0.362 e. The van der Waals surface area contributed by atoms with Crippen molar-refractivity contribution in [2.24, 2.45) is 0 Å². The third-order valence-electron chi connectivity index (χ3n) is 5.02. The number of carbonyl (C=O) groups excluding carboxylic acids is 1. The van der Waals surface area contributed by atoms with Gasteiger partial charge in [0, 0.05) is 37.6 Å². The van der Waals surface area contributed by atoms with E-state index in [4.69, 9.17) is 0 Å². The monoisotopic (exact) mass is 376 g/mol. The number of para-hydroxylation sites is 2. The lowest BCUT2D eigenvalue weighted by atomic mass is 10.1. The number of carbonyl (C=O) groups is 1. The quantitative estimate of drug-likeness (QED) is 0.551. The molecule has 0 radical (unpaired) electrons. The zero-order chi connectivity index (χ0) is 19.5. The van der Waals surface area contributed by atoms with Crippen molar-refractivity contribution >= 4 is 33.9 Å². The van der Waals surface area contributed by atoms with Gasteiger partial charge in [-0.05, 0) is 17.5 Å². The van der Waals surface area contributed by atoms with E-state index in [9.17, 15) is 14.9 Å². The van der Waals surface area contributed by atoms with Crippen molar-refractivity contribution in [3.05, 3.63) is 76.8 Å². The average molecular weight is 376 g/mol. The molecular weight excluding hydrogens is 356 g/mol. The molecule has 1 aliphatic heterocycles. The second-order valence-electron chi connectivity index (χ2n) is 6.68. The maximum Gasteiger partial charge on any atom is 0.321 e. The Morgan fingerprint density at radius 1 is 0.893 bits per heavy atom. The van der Waals surface area contributed by atoms with Crippen LogP contribution in [0.25, 0.3) is 10.8 Å². The molecule has 3 aromatic carbocycles. The first-order valence-electron chi connectivity index (χ1n) is 9.15. The fraction of sp³-hybridized carbons (Fsp3) is 0.190. The minimum Gasteiger partial charge on any atom is -0.362 e. The molecule has 142 valence electrons. The normalized spacial score (nSPS) is 14.1. The third-order valence-corrected chi connectivity index (χ3v) is 5.02. The Morgan fingerprint density at radius 3 is 2.36 bits per heavy atom. The number of rotatable bonds is 3. The van der Waals surface area contributed by atoms with Crippen molar-refractivity contribution in [3.63, 3.8) is 0 Å². The number of fused-ring (bicyclic) bond motifs is 1. The zero-order valence-corrected chi connectivity index (χ0v) is 15.2. The first-order chi connectivity index (χ1) is 13.6. The first kappa shape index (κ1) is 17.8. The van der Waals surface area contributed by atoms with E-state index in [-0.39, 0.29) is 16.6 Å². The van der Waals surface area contributed by atoms with Crippen molar-refractivity contribution in [3.8, 4) is 0 Å². The van der Waals surface area contributed by atoms with Gasteiger partial charge in [0.2, 0.25) is 0 Å². The number of nitro benzene ring substituents is 1. The summed E-state index contributed by atoms with van der Waals surface area (Å²) in [4.78, 5) is 27.3. The number of hydrogen-bond donors (Lipinski definition) is 1. The Hall–Kier alpha value is -3.61. The van der Waals surface area contributed by atoms with Crippen LogP contribution in [-0.2, 0) is 0 Å². The lowest BCUT2D eigenvalue weighted by molar-refractivity contribution is -0.384. The summed E-state index contributed by atoms with van der Waals surface area (Å²) in [7, 11) is 0. The van der Waals surface area contributed by atoms with E-state index in [1.54, 1.807) is 23.1 Å². The van der Waals surface area contributed by atoms with Crippen LogP contribution < -0.4 is 10.2 Å². The van der Waals surface area contributed by atoms with Gasteiger partial charge in [0.15, 0.2) is 0 Å². The molecule has 28 heavy (non-hydrogen) atoms. The smallest absolute Gasteiger partial charge is 0.321 e. The number of anilines is 2. The summed E-state index contributed by atoms with van der Waals surface area (Å²) in [6, 6.07) is 20.3. The predicted octanol–water partition coefficient (Wildman–Crippen LogP) is 4.10. The van der Waals surface area contributed by atoms with E-state index in [0.29, 0.717) is 31.9 Å². The van der Waals surface area contributed by atoms with Crippen molar-refractivity contribution in [1.29, 1.82) is 0 Å². The highest BCUT2D eigenvalue weighted by atomic mass is 16.6. The molecule has 1 heterocycles. The van der Waals surface area contributed by atoms with Gasteiger partial charge in [-0.1, -0.05) is 48.5 Å². The van der Waals surface area contributed by atoms with Crippen LogP contribution in [0.3, 0.4) is 0 Å². The number of nitro groups is 1. The molecule has 1 N–H and O–H groups in total. The first-order valence-corrected chi connectivity index (χ1v) is 9.15. The Labute approximate surface area is 162 Å². The molecule has 4 rings (SSSR count). The van der Waals surface area contributed by atoms with E-state index >= 15 is 0 Å². The summed E-state index contributed by atoms with van der Waals surface area (Å²) in [5, 5.41) is 16.3. The molecule has 2 amide bonds. The minimum atomic E-state index is -0.366. The van der Waals surface area contributed by atoms with E-state index < -0.39 is 0 Å². The van der Waals surface area contributed by atoms with Crippen LogP contribution in [0.1, 0.15) is 0 Å². The Bertz CT molecular complexity index is 1020. The number of nitrogens with zero attached hydrogens (tertiary/aromatic N) is 3. The highest BCUT2D eigenvalue weighted by molar-refractivity contribution is 6.01. The van der Waals surface area contributed by atoms with Crippen molar-refractivity contribution < 1.29 is 9.72 Å². The van der Waals surface area contributed by atoms with Gasteiger partial charge < -0.3 is 15.1 Å². The Balaban J connectivity index is 1.44. The maximum absolute atomic E-state index is 12.7. The highest BCUT2D eigenvalue weighted by Gasteiger charge is 2.25. The molecule has 0 atom stereocenters. The molecule has 1 fully saturated rings. The Morgan fingerprint density at radius 2 is 1.57 bits per heavy atom. The summed E-state index contributed by atoms with van der Waals surface area (Å²) < 4.78 is 0. The number of amides is 2. The van der Waals surface area contributed by atoms with Gasteiger partial charge in [-0.2, -0.15) is 0 Å². The van der Waals surface area contributed by atoms with Gasteiger partial charge >= 0.3 is 6.03 Å². The van der Waals surface area contributed by atoms with Gasteiger partial charge in [0.25, 0.3) is 5.69 Å². The van der Waals surface area contributed by atoms with Crippen LogP contribution in [0.5, 0.6) is 0 Å². The minimum absolute atomic E-state index is 0.0937. The predicted molar refractivity (Wildman–Crippen MR) is 110 cm³/mol. The van der Waals surface area contributed by atoms with Crippen molar-refractivity contribution in [1.82, 2.24) is 4.90 Å². The number of urea groups is 1. The van der Waals surface area contributed by atoms with Gasteiger partial charge in [0.1, 0.15) is 5.69 Å². The topological polar surface area (TPSA) is 78.7 Å². The van der Waals surface area contributed by atoms with E-state index in [2.05, 4.69) is 5.32 Å². The molecule has 1 aliphatic rings.